The van der Waals surface area contributed by atoms with E-state index in [1.54, 1.807) is 17.3 Å². The van der Waals surface area contributed by atoms with Crippen LogP contribution in [-0.4, -0.2) is 41.4 Å². The number of nitrogens with zero attached hydrogens (tertiary/aromatic N) is 4. The Hall–Kier alpha value is -2.43. The van der Waals surface area contributed by atoms with Gasteiger partial charge >= 0.3 is 0 Å². The van der Waals surface area contributed by atoms with Crippen LogP contribution in [0.15, 0.2) is 42.7 Å². The lowest BCUT2D eigenvalue weighted by Crippen LogP contribution is -2.28. The van der Waals surface area contributed by atoms with Crippen LogP contribution in [0.25, 0.3) is 0 Å². The molecule has 1 heterocycles. The topological polar surface area (TPSA) is 49.3 Å². The molecule has 0 unspecified atom stereocenters. The molecule has 0 radical (unpaired) electrons. The minimum Gasteiger partial charge on any atom is -0.342 e. The van der Waals surface area contributed by atoms with Crippen LogP contribution in [0.5, 0.6) is 0 Å². The van der Waals surface area contributed by atoms with Gasteiger partial charge in [0.15, 0.2) is 0 Å². The lowest BCUT2D eigenvalue weighted by atomic mass is 10.2. The summed E-state index contributed by atoms with van der Waals surface area (Å²) in [6.07, 6.45) is 5.24. The standard InChI is InChI=1S/C17H22N4O/c1-4-5-11-20(2)16(22)14-12-18-17(19-13-14)21(3)15-9-7-6-8-10-15/h6-10,12-13H,4-5,11H2,1-3H3. The number of rotatable bonds is 6. The molecule has 0 atom stereocenters. The summed E-state index contributed by atoms with van der Waals surface area (Å²) in [5.41, 5.74) is 1.52. The molecular weight excluding hydrogens is 276 g/mol. The minimum absolute atomic E-state index is 0.0395. The van der Waals surface area contributed by atoms with Crippen molar-refractivity contribution in [1.29, 1.82) is 0 Å². The monoisotopic (exact) mass is 298 g/mol. The van der Waals surface area contributed by atoms with E-state index in [2.05, 4.69) is 16.9 Å². The van der Waals surface area contributed by atoms with Crippen LogP contribution in [-0.2, 0) is 0 Å². The molecule has 0 saturated heterocycles. The van der Waals surface area contributed by atoms with Gasteiger partial charge in [0.1, 0.15) is 0 Å². The number of anilines is 2. The van der Waals surface area contributed by atoms with Gasteiger partial charge in [-0.1, -0.05) is 31.5 Å². The van der Waals surface area contributed by atoms with Gasteiger partial charge in [-0.25, -0.2) is 9.97 Å². The van der Waals surface area contributed by atoms with Crippen molar-refractivity contribution in [3.63, 3.8) is 0 Å². The van der Waals surface area contributed by atoms with E-state index in [1.807, 2.05) is 49.3 Å². The van der Waals surface area contributed by atoms with Crippen molar-refractivity contribution in [2.75, 3.05) is 25.5 Å². The highest BCUT2D eigenvalue weighted by molar-refractivity contribution is 5.93. The Balaban J connectivity index is 2.08. The van der Waals surface area contributed by atoms with Crippen molar-refractivity contribution in [1.82, 2.24) is 14.9 Å². The first-order valence-electron chi connectivity index (χ1n) is 7.49. The molecule has 0 fully saturated rings. The van der Waals surface area contributed by atoms with Crippen molar-refractivity contribution in [3.8, 4) is 0 Å². The maximum atomic E-state index is 12.2. The Morgan fingerprint density at radius 3 is 2.32 bits per heavy atom. The number of hydrogen-bond donors (Lipinski definition) is 0. The summed E-state index contributed by atoms with van der Waals surface area (Å²) in [6, 6.07) is 9.87. The molecule has 1 amide bonds. The van der Waals surface area contributed by atoms with E-state index >= 15 is 0 Å². The summed E-state index contributed by atoms with van der Waals surface area (Å²) >= 11 is 0. The molecule has 2 rings (SSSR count). The van der Waals surface area contributed by atoms with Gasteiger partial charge in [0, 0.05) is 38.7 Å². The van der Waals surface area contributed by atoms with Gasteiger partial charge in [0.05, 0.1) is 5.56 Å². The molecular formula is C17H22N4O. The molecule has 0 aliphatic rings. The van der Waals surface area contributed by atoms with E-state index < -0.39 is 0 Å². The highest BCUT2D eigenvalue weighted by atomic mass is 16.2. The average molecular weight is 298 g/mol. The fourth-order valence-electron chi connectivity index (χ4n) is 2.09. The third-order valence-corrected chi connectivity index (χ3v) is 3.52. The molecule has 2 aromatic rings. The lowest BCUT2D eigenvalue weighted by molar-refractivity contribution is 0.0792. The van der Waals surface area contributed by atoms with E-state index in [0.29, 0.717) is 11.5 Å². The quantitative estimate of drug-likeness (QED) is 0.822. The van der Waals surface area contributed by atoms with E-state index in [4.69, 9.17) is 0 Å². The highest BCUT2D eigenvalue weighted by Gasteiger charge is 2.13. The summed E-state index contributed by atoms with van der Waals surface area (Å²) < 4.78 is 0. The van der Waals surface area contributed by atoms with Gasteiger partial charge in [0.25, 0.3) is 5.91 Å². The largest absolute Gasteiger partial charge is 0.342 e. The van der Waals surface area contributed by atoms with E-state index in [-0.39, 0.29) is 5.91 Å². The average Bonchev–Trinajstić information content (AvgIpc) is 2.59. The number of aromatic nitrogens is 2. The molecule has 0 bridgehead atoms. The second-order valence-corrected chi connectivity index (χ2v) is 5.25. The first-order chi connectivity index (χ1) is 10.6. The van der Waals surface area contributed by atoms with Gasteiger partial charge in [0.2, 0.25) is 5.95 Å². The molecule has 1 aromatic carbocycles. The van der Waals surface area contributed by atoms with E-state index in [1.165, 1.54) is 0 Å². The Morgan fingerprint density at radius 1 is 1.09 bits per heavy atom. The first kappa shape index (κ1) is 15.9. The summed E-state index contributed by atoms with van der Waals surface area (Å²) in [5.74, 6) is 0.529. The normalized spacial score (nSPS) is 10.3. The summed E-state index contributed by atoms with van der Waals surface area (Å²) in [4.78, 5) is 24.4. The van der Waals surface area contributed by atoms with Crippen molar-refractivity contribution < 1.29 is 4.79 Å². The second-order valence-electron chi connectivity index (χ2n) is 5.25. The highest BCUT2D eigenvalue weighted by Crippen LogP contribution is 2.18. The van der Waals surface area contributed by atoms with Crippen LogP contribution in [0.1, 0.15) is 30.1 Å². The third kappa shape index (κ3) is 3.81. The van der Waals surface area contributed by atoms with Crippen LogP contribution < -0.4 is 4.90 Å². The number of amides is 1. The molecule has 0 aliphatic carbocycles. The van der Waals surface area contributed by atoms with Gasteiger partial charge in [-0.15, -0.1) is 0 Å². The SMILES string of the molecule is CCCCN(C)C(=O)c1cnc(N(C)c2ccccc2)nc1. The van der Waals surface area contributed by atoms with Gasteiger partial charge in [-0.05, 0) is 18.6 Å². The zero-order chi connectivity index (χ0) is 15.9. The minimum atomic E-state index is -0.0395. The third-order valence-electron chi connectivity index (χ3n) is 3.52. The van der Waals surface area contributed by atoms with E-state index in [0.717, 1.165) is 25.1 Å². The Kier molecular flexibility index (Phi) is 5.47. The van der Waals surface area contributed by atoms with Crippen molar-refractivity contribution >= 4 is 17.5 Å². The van der Waals surface area contributed by atoms with Gasteiger partial charge < -0.3 is 9.80 Å². The van der Waals surface area contributed by atoms with Crippen LogP contribution in [0.4, 0.5) is 11.6 Å². The van der Waals surface area contributed by atoms with E-state index in [9.17, 15) is 4.79 Å². The predicted molar refractivity (Wildman–Crippen MR) is 88.4 cm³/mol. The number of unbranched alkanes of at least 4 members (excludes halogenated alkanes) is 1. The van der Waals surface area contributed by atoms with Crippen molar-refractivity contribution in [2.45, 2.75) is 19.8 Å². The number of para-hydroxylation sites is 1. The zero-order valence-electron chi connectivity index (χ0n) is 13.4. The number of hydrogen-bond acceptors (Lipinski definition) is 4. The maximum Gasteiger partial charge on any atom is 0.256 e. The first-order valence-corrected chi connectivity index (χ1v) is 7.49. The van der Waals surface area contributed by atoms with Crippen molar-refractivity contribution in [2.24, 2.45) is 0 Å². The van der Waals surface area contributed by atoms with Crippen LogP contribution >= 0.6 is 0 Å². The predicted octanol–water partition coefficient (Wildman–Crippen LogP) is 3.12. The van der Waals surface area contributed by atoms with Crippen molar-refractivity contribution in [3.05, 3.63) is 48.3 Å². The molecule has 22 heavy (non-hydrogen) atoms. The zero-order valence-corrected chi connectivity index (χ0v) is 13.4. The number of benzene rings is 1. The maximum absolute atomic E-state index is 12.2. The molecule has 1 aromatic heterocycles. The Morgan fingerprint density at radius 2 is 1.73 bits per heavy atom. The second kappa shape index (κ2) is 7.54. The fraction of sp³-hybridized carbons (Fsp3) is 0.353. The molecule has 0 spiro atoms. The van der Waals surface area contributed by atoms with Crippen LogP contribution in [0.3, 0.4) is 0 Å². The van der Waals surface area contributed by atoms with Crippen LogP contribution in [0, 0.1) is 0 Å². The molecule has 0 saturated carbocycles. The molecule has 5 nitrogen and oxygen atoms in total. The number of carbonyl (C=O) groups excluding carboxylic acids is 1. The fourth-order valence-corrected chi connectivity index (χ4v) is 2.09. The van der Waals surface area contributed by atoms with Gasteiger partial charge in [-0.2, -0.15) is 0 Å². The summed E-state index contributed by atoms with van der Waals surface area (Å²) in [6.45, 7) is 2.86. The lowest BCUT2D eigenvalue weighted by Gasteiger charge is -2.18. The molecule has 0 N–H and O–H groups in total. The van der Waals surface area contributed by atoms with Crippen LogP contribution in [0.2, 0.25) is 0 Å². The number of carbonyl (C=O) groups is 1. The molecule has 5 heteroatoms. The molecule has 0 aliphatic heterocycles. The molecule has 116 valence electrons. The Labute approximate surface area is 131 Å². The van der Waals surface area contributed by atoms with Gasteiger partial charge in [-0.3, -0.25) is 4.79 Å². The smallest absolute Gasteiger partial charge is 0.256 e. The summed E-state index contributed by atoms with van der Waals surface area (Å²) in [7, 11) is 3.71. The Bertz CT molecular complexity index is 598. The summed E-state index contributed by atoms with van der Waals surface area (Å²) in [5, 5.41) is 0.